The van der Waals surface area contributed by atoms with E-state index < -0.39 is 0 Å². The summed E-state index contributed by atoms with van der Waals surface area (Å²) in [4.78, 5) is 22.5. The highest BCUT2D eigenvalue weighted by atomic mass is 35.5. The average molecular weight is 492 g/mol. The van der Waals surface area contributed by atoms with Crippen molar-refractivity contribution >= 4 is 57.1 Å². The molecule has 1 amide bonds. The van der Waals surface area contributed by atoms with Crippen LogP contribution in [-0.2, 0) is 4.79 Å². The van der Waals surface area contributed by atoms with Crippen LogP contribution >= 0.6 is 23.4 Å². The van der Waals surface area contributed by atoms with Crippen LogP contribution in [0.5, 0.6) is 5.75 Å². The Labute approximate surface area is 209 Å². The number of halogens is 1. The number of thioether (sulfide) groups is 1. The Bertz CT molecular complexity index is 1300. The molecule has 1 aliphatic rings. The molecule has 34 heavy (non-hydrogen) atoms. The van der Waals surface area contributed by atoms with Gasteiger partial charge in [0.15, 0.2) is 0 Å². The summed E-state index contributed by atoms with van der Waals surface area (Å²) in [6, 6.07) is 17.7. The van der Waals surface area contributed by atoms with E-state index in [1.165, 1.54) is 22.9 Å². The first kappa shape index (κ1) is 24.0. The number of fused-ring (bicyclic) bond motifs is 1. The largest absolute Gasteiger partial charge is 0.495 e. The Hall–Kier alpha value is -3.09. The monoisotopic (exact) mass is 491 g/mol. The lowest BCUT2D eigenvalue weighted by Crippen LogP contribution is -2.16. The lowest BCUT2D eigenvalue weighted by molar-refractivity contribution is -0.113. The van der Waals surface area contributed by atoms with Crippen molar-refractivity contribution in [3.8, 4) is 5.75 Å². The number of nitrogens with one attached hydrogen (secondary N) is 1. The highest BCUT2D eigenvalue weighted by Crippen LogP contribution is 2.36. The predicted molar refractivity (Wildman–Crippen MR) is 144 cm³/mol. The summed E-state index contributed by atoms with van der Waals surface area (Å²) in [5.74, 6) is 0.658. The topological polar surface area (TPSA) is 63.0 Å². The van der Waals surface area contributed by atoms with E-state index in [0.717, 1.165) is 33.3 Å². The van der Waals surface area contributed by atoms with E-state index in [2.05, 4.69) is 62.5 Å². The molecule has 0 atom stereocenters. The van der Waals surface area contributed by atoms with Crippen LogP contribution in [0.2, 0.25) is 5.02 Å². The fourth-order valence-corrected chi connectivity index (χ4v) is 4.58. The summed E-state index contributed by atoms with van der Waals surface area (Å²) in [6.07, 6.45) is 0.558. The van der Waals surface area contributed by atoms with Gasteiger partial charge in [-0.15, -0.1) is 11.8 Å². The van der Waals surface area contributed by atoms with Crippen molar-refractivity contribution in [3.63, 3.8) is 0 Å². The lowest BCUT2D eigenvalue weighted by Gasteiger charge is -2.10. The number of aryl methyl sites for hydroxylation is 3. The minimum Gasteiger partial charge on any atom is -0.495 e. The zero-order chi connectivity index (χ0) is 24.2. The molecule has 1 N–H and O–H groups in total. The minimum atomic E-state index is -0.132. The summed E-state index contributed by atoms with van der Waals surface area (Å²) < 4.78 is 5.17. The van der Waals surface area contributed by atoms with Crippen molar-refractivity contribution in [2.45, 2.75) is 27.2 Å². The molecule has 3 aromatic carbocycles. The fourth-order valence-electron chi connectivity index (χ4n) is 3.55. The third-order valence-corrected chi connectivity index (χ3v) is 6.87. The number of amides is 1. The summed E-state index contributed by atoms with van der Waals surface area (Å²) in [6.45, 7) is 6.22. The van der Waals surface area contributed by atoms with E-state index in [-0.39, 0.29) is 11.7 Å². The van der Waals surface area contributed by atoms with Gasteiger partial charge >= 0.3 is 0 Å². The van der Waals surface area contributed by atoms with Crippen LogP contribution in [0.4, 0.5) is 17.1 Å². The van der Waals surface area contributed by atoms with Gasteiger partial charge in [0.05, 0.1) is 40.0 Å². The Morgan fingerprint density at radius 1 is 1.00 bits per heavy atom. The minimum absolute atomic E-state index is 0.132. The van der Waals surface area contributed by atoms with E-state index in [0.29, 0.717) is 22.9 Å². The van der Waals surface area contributed by atoms with Gasteiger partial charge in [0, 0.05) is 12.1 Å². The van der Waals surface area contributed by atoms with E-state index in [1.54, 1.807) is 25.3 Å². The average Bonchev–Trinajstić information content (AvgIpc) is 2.98. The Kier molecular flexibility index (Phi) is 7.39. The molecule has 174 valence electrons. The first-order valence-electron chi connectivity index (χ1n) is 10.9. The fraction of sp³-hybridized carbons (Fsp3) is 0.222. The molecular formula is C27H26ClN3O2S. The third kappa shape index (κ3) is 5.69. The molecule has 5 nitrogen and oxygen atoms in total. The Morgan fingerprint density at radius 2 is 1.68 bits per heavy atom. The molecular weight excluding hydrogens is 466 g/mol. The van der Waals surface area contributed by atoms with Crippen LogP contribution in [0.25, 0.3) is 0 Å². The summed E-state index contributed by atoms with van der Waals surface area (Å²) in [7, 11) is 1.55. The second-order valence-electron chi connectivity index (χ2n) is 8.22. The maximum atomic E-state index is 12.6. The molecule has 4 rings (SSSR count). The molecule has 0 bridgehead atoms. The number of hydrogen-bond acceptors (Lipinski definition) is 5. The van der Waals surface area contributed by atoms with Crippen molar-refractivity contribution in [3.05, 3.63) is 81.9 Å². The molecule has 0 unspecified atom stereocenters. The first-order valence-corrected chi connectivity index (χ1v) is 12.3. The summed E-state index contributed by atoms with van der Waals surface area (Å²) >= 11 is 7.60. The van der Waals surface area contributed by atoms with Gasteiger partial charge in [0.2, 0.25) is 5.91 Å². The zero-order valence-corrected chi connectivity index (χ0v) is 21.2. The van der Waals surface area contributed by atoms with E-state index in [1.807, 2.05) is 0 Å². The van der Waals surface area contributed by atoms with Crippen molar-refractivity contribution in [1.82, 2.24) is 0 Å². The molecule has 0 radical (unpaired) electrons. The summed E-state index contributed by atoms with van der Waals surface area (Å²) in [5, 5.41) is 4.19. The quantitative estimate of drug-likeness (QED) is 0.410. The molecule has 0 aromatic heterocycles. The van der Waals surface area contributed by atoms with Crippen LogP contribution in [0.1, 0.15) is 28.7 Å². The number of rotatable bonds is 5. The maximum absolute atomic E-state index is 12.6. The van der Waals surface area contributed by atoms with Crippen molar-refractivity contribution < 1.29 is 9.53 Å². The lowest BCUT2D eigenvalue weighted by atomic mass is 10.1. The Balaban J connectivity index is 1.55. The van der Waals surface area contributed by atoms with E-state index in [9.17, 15) is 4.79 Å². The molecule has 1 heterocycles. The van der Waals surface area contributed by atoms with Gasteiger partial charge in [-0.05, 0) is 67.8 Å². The zero-order valence-electron chi connectivity index (χ0n) is 19.6. The van der Waals surface area contributed by atoms with Gasteiger partial charge in [0.1, 0.15) is 5.75 Å². The first-order chi connectivity index (χ1) is 16.3. The highest BCUT2D eigenvalue weighted by molar-refractivity contribution is 8.14. The van der Waals surface area contributed by atoms with Crippen LogP contribution in [0, 0.1) is 20.8 Å². The normalized spacial score (nSPS) is 12.9. The second-order valence-corrected chi connectivity index (χ2v) is 9.67. The maximum Gasteiger partial charge on any atom is 0.234 e. The number of hydrogen-bond donors (Lipinski definition) is 1. The van der Waals surface area contributed by atoms with Crippen LogP contribution in [0.3, 0.4) is 0 Å². The molecule has 7 heteroatoms. The number of anilines is 1. The van der Waals surface area contributed by atoms with Gasteiger partial charge in [-0.1, -0.05) is 41.4 Å². The molecule has 1 aliphatic heterocycles. The summed E-state index contributed by atoms with van der Waals surface area (Å²) in [5.41, 5.74) is 7.84. The van der Waals surface area contributed by atoms with Gasteiger partial charge < -0.3 is 10.1 Å². The molecule has 0 saturated heterocycles. The number of nitrogens with zero attached hydrogens (tertiary/aromatic N) is 2. The number of methoxy groups -OCH3 is 1. The second kappa shape index (κ2) is 10.5. The van der Waals surface area contributed by atoms with E-state index in [4.69, 9.17) is 26.3 Å². The van der Waals surface area contributed by atoms with Gasteiger partial charge in [-0.3, -0.25) is 9.79 Å². The standard InChI is InChI=1S/C27H26ClN3O2S/c1-16-5-7-19(8-6-16)22-14-27(31-24-12-18(3)17(2)11-23(24)30-22)34-15-26(32)29-20-9-10-25(33-4)21(28)13-20/h5-13H,14-15H2,1-4H3,(H,29,32). The predicted octanol–water partition coefficient (Wildman–Crippen LogP) is 7.20. The smallest absolute Gasteiger partial charge is 0.234 e. The SMILES string of the molecule is COc1ccc(NC(=O)CSC2=Nc3cc(C)c(C)cc3N=C(c3ccc(C)cc3)C2)cc1Cl. The van der Waals surface area contributed by atoms with Gasteiger partial charge in [-0.2, -0.15) is 0 Å². The van der Waals surface area contributed by atoms with E-state index >= 15 is 0 Å². The molecule has 3 aromatic rings. The van der Waals surface area contributed by atoms with Crippen LogP contribution < -0.4 is 10.1 Å². The van der Waals surface area contributed by atoms with Gasteiger partial charge in [0.25, 0.3) is 0 Å². The van der Waals surface area contributed by atoms with Gasteiger partial charge in [-0.25, -0.2) is 4.99 Å². The molecule has 0 spiro atoms. The van der Waals surface area contributed by atoms with Crippen molar-refractivity contribution in [2.24, 2.45) is 9.98 Å². The number of ether oxygens (including phenoxy) is 1. The number of benzene rings is 3. The molecule has 0 saturated carbocycles. The number of aliphatic imine (C=N–C) groups is 2. The molecule has 0 aliphatic carbocycles. The third-order valence-electron chi connectivity index (χ3n) is 5.60. The number of carbonyl (C=O) groups is 1. The Morgan fingerprint density at radius 3 is 2.32 bits per heavy atom. The molecule has 0 fully saturated rings. The van der Waals surface area contributed by atoms with Crippen molar-refractivity contribution in [1.29, 1.82) is 0 Å². The van der Waals surface area contributed by atoms with Crippen LogP contribution in [-0.4, -0.2) is 29.5 Å². The van der Waals surface area contributed by atoms with Crippen LogP contribution in [0.15, 0.2) is 64.6 Å². The highest BCUT2D eigenvalue weighted by Gasteiger charge is 2.18. The number of carbonyl (C=O) groups excluding carboxylic acids is 1. The van der Waals surface area contributed by atoms with Crippen molar-refractivity contribution in [2.75, 3.05) is 18.2 Å².